The second-order valence-electron chi connectivity index (χ2n) is 4.19. The van der Waals surface area contributed by atoms with E-state index in [-0.39, 0.29) is 11.6 Å². The summed E-state index contributed by atoms with van der Waals surface area (Å²) in [6.07, 6.45) is 3.96. The van der Waals surface area contributed by atoms with Gasteiger partial charge in [-0.05, 0) is 38.0 Å². The van der Waals surface area contributed by atoms with Crippen molar-refractivity contribution in [3.63, 3.8) is 0 Å². The number of nitrogens with one attached hydrogen (secondary N) is 1. The van der Waals surface area contributed by atoms with Gasteiger partial charge in [-0.1, -0.05) is 0 Å². The number of hydrogen-bond acceptors (Lipinski definition) is 3. The van der Waals surface area contributed by atoms with E-state index in [1.165, 1.54) is 13.8 Å². The third kappa shape index (κ3) is 2.25. The number of hydrogen-bond donors (Lipinski definition) is 1. The average molecular weight is 230 g/mol. The molecule has 0 radical (unpaired) electrons. The van der Waals surface area contributed by atoms with Crippen LogP contribution in [0, 0.1) is 5.92 Å². The molecule has 0 spiro atoms. The van der Waals surface area contributed by atoms with Crippen molar-refractivity contribution in [1.82, 2.24) is 9.97 Å². The maximum Gasteiger partial charge on any atom is 0.140 e. The Morgan fingerprint density at radius 1 is 1.35 bits per heavy atom. The Morgan fingerprint density at radius 3 is 2.71 bits per heavy atom. The van der Waals surface area contributed by atoms with Gasteiger partial charge in [-0.25, -0.2) is 4.98 Å². The maximum absolute atomic E-state index is 11.4. The molecule has 0 bridgehead atoms. The molecule has 0 amide bonds. The molecule has 2 heterocycles. The first-order valence-corrected chi connectivity index (χ1v) is 5.51. The zero-order valence-corrected chi connectivity index (χ0v) is 9.86. The molecule has 17 heavy (non-hydrogen) atoms. The molecule has 0 aliphatic carbocycles. The van der Waals surface area contributed by atoms with E-state index in [9.17, 15) is 9.59 Å². The zero-order chi connectivity index (χ0) is 12.4. The van der Waals surface area contributed by atoms with Gasteiger partial charge in [-0.3, -0.25) is 9.59 Å². The minimum atomic E-state index is -0.547. The van der Waals surface area contributed by atoms with Crippen molar-refractivity contribution in [3.05, 3.63) is 30.1 Å². The summed E-state index contributed by atoms with van der Waals surface area (Å²) in [5, 5.41) is 0.972. The molecule has 0 saturated heterocycles. The summed E-state index contributed by atoms with van der Waals surface area (Å²) in [6, 6.07) is 3.78. The predicted octanol–water partition coefficient (Wildman–Crippen LogP) is 1.90. The summed E-state index contributed by atoms with van der Waals surface area (Å²) in [4.78, 5) is 30.0. The Kier molecular flexibility index (Phi) is 3.04. The van der Waals surface area contributed by atoms with E-state index in [0.717, 1.165) is 16.6 Å². The Bertz CT molecular complexity index is 558. The smallest absolute Gasteiger partial charge is 0.140 e. The van der Waals surface area contributed by atoms with Crippen LogP contribution in [0.15, 0.2) is 24.5 Å². The minimum absolute atomic E-state index is 0.0873. The number of nitrogens with zero attached hydrogens (tertiary/aromatic N) is 1. The molecule has 0 atom stereocenters. The van der Waals surface area contributed by atoms with Gasteiger partial charge < -0.3 is 4.98 Å². The number of rotatable bonds is 4. The van der Waals surface area contributed by atoms with Gasteiger partial charge >= 0.3 is 0 Å². The van der Waals surface area contributed by atoms with Crippen LogP contribution in [0.25, 0.3) is 11.0 Å². The molecule has 2 aromatic rings. The Morgan fingerprint density at radius 2 is 2.06 bits per heavy atom. The molecule has 0 aliphatic heterocycles. The summed E-state index contributed by atoms with van der Waals surface area (Å²) >= 11 is 0. The fraction of sp³-hybridized carbons (Fsp3) is 0.308. The number of fused-ring (bicyclic) bond motifs is 1. The van der Waals surface area contributed by atoms with E-state index in [2.05, 4.69) is 9.97 Å². The van der Waals surface area contributed by atoms with E-state index in [1.807, 2.05) is 18.3 Å². The molecule has 0 aliphatic rings. The van der Waals surface area contributed by atoms with Crippen molar-refractivity contribution in [3.8, 4) is 0 Å². The lowest BCUT2D eigenvalue weighted by Gasteiger charge is -2.08. The fourth-order valence-electron chi connectivity index (χ4n) is 1.98. The van der Waals surface area contributed by atoms with Crippen molar-refractivity contribution in [2.45, 2.75) is 20.3 Å². The average Bonchev–Trinajstić information content (AvgIpc) is 2.68. The second kappa shape index (κ2) is 4.49. The summed E-state index contributed by atoms with van der Waals surface area (Å²) in [5.74, 6) is -0.722. The zero-order valence-electron chi connectivity index (χ0n) is 9.86. The molecule has 4 nitrogen and oxygen atoms in total. The van der Waals surface area contributed by atoms with Gasteiger partial charge in [0.15, 0.2) is 0 Å². The monoisotopic (exact) mass is 230 g/mol. The van der Waals surface area contributed by atoms with Crippen LogP contribution in [-0.4, -0.2) is 21.5 Å². The van der Waals surface area contributed by atoms with Crippen molar-refractivity contribution in [1.29, 1.82) is 0 Å². The number of Topliss-reactive ketones (excluding diaryl/α,β-unsaturated/α-hetero) is 2. The van der Waals surface area contributed by atoms with Gasteiger partial charge in [0.05, 0.1) is 5.92 Å². The minimum Gasteiger partial charge on any atom is -0.346 e. The van der Waals surface area contributed by atoms with Crippen LogP contribution < -0.4 is 0 Å². The molecule has 0 unspecified atom stereocenters. The summed E-state index contributed by atoms with van der Waals surface area (Å²) in [7, 11) is 0. The molecule has 0 fully saturated rings. The van der Waals surface area contributed by atoms with Gasteiger partial charge in [0, 0.05) is 17.8 Å². The number of pyridine rings is 1. The van der Waals surface area contributed by atoms with Gasteiger partial charge in [0.25, 0.3) is 0 Å². The van der Waals surface area contributed by atoms with Crippen molar-refractivity contribution >= 4 is 22.6 Å². The quantitative estimate of drug-likeness (QED) is 0.816. The van der Waals surface area contributed by atoms with Crippen molar-refractivity contribution in [2.24, 2.45) is 5.92 Å². The van der Waals surface area contributed by atoms with Crippen LogP contribution in [0.1, 0.15) is 19.4 Å². The highest BCUT2D eigenvalue weighted by Crippen LogP contribution is 2.20. The molecule has 4 heteroatoms. The van der Waals surface area contributed by atoms with E-state index >= 15 is 0 Å². The SMILES string of the molecule is CC(=O)C(Cc1c[nH]c2ncccc12)C(C)=O. The number of ketones is 2. The highest BCUT2D eigenvalue weighted by atomic mass is 16.1. The van der Waals surface area contributed by atoms with Gasteiger partial charge in [-0.2, -0.15) is 0 Å². The van der Waals surface area contributed by atoms with E-state index in [0.29, 0.717) is 6.42 Å². The number of carbonyl (C=O) groups is 2. The largest absolute Gasteiger partial charge is 0.346 e. The molecule has 0 aromatic carbocycles. The van der Waals surface area contributed by atoms with Crippen LogP contribution >= 0.6 is 0 Å². The van der Waals surface area contributed by atoms with Crippen LogP contribution in [0.4, 0.5) is 0 Å². The summed E-state index contributed by atoms with van der Waals surface area (Å²) in [6.45, 7) is 2.92. The first kappa shape index (κ1) is 11.5. The normalized spacial score (nSPS) is 11.0. The predicted molar refractivity (Wildman–Crippen MR) is 64.6 cm³/mol. The molecule has 88 valence electrons. The van der Waals surface area contributed by atoms with Gasteiger partial charge in [-0.15, -0.1) is 0 Å². The first-order valence-electron chi connectivity index (χ1n) is 5.51. The van der Waals surface area contributed by atoms with Crippen LogP contribution in [0.3, 0.4) is 0 Å². The van der Waals surface area contributed by atoms with Crippen molar-refractivity contribution < 1.29 is 9.59 Å². The second-order valence-corrected chi connectivity index (χ2v) is 4.19. The fourth-order valence-corrected chi connectivity index (χ4v) is 1.98. The van der Waals surface area contributed by atoms with Crippen LogP contribution in [0.5, 0.6) is 0 Å². The lowest BCUT2D eigenvalue weighted by atomic mass is 9.93. The third-order valence-corrected chi connectivity index (χ3v) is 2.94. The number of H-pyrrole nitrogens is 1. The standard InChI is InChI=1S/C13H14N2O2/c1-8(16)12(9(2)17)6-10-7-15-13-11(10)4-3-5-14-13/h3-5,7,12H,6H2,1-2H3,(H,14,15). The van der Waals surface area contributed by atoms with Gasteiger partial charge in [0.2, 0.25) is 0 Å². The molecule has 0 saturated carbocycles. The number of aromatic amines is 1. The Balaban J connectivity index is 2.35. The van der Waals surface area contributed by atoms with Crippen molar-refractivity contribution in [2.75, 3.05) is 0 Å². The number of aromatic nitrogens is 2. The third-order valence-electron chi connectivity index (χ3n) is 2.94. The molecule has 1 N–H and O–H groups in total. The number of carbonyl (C=O) groups excluding carboxylic acids is 2. The van der Waals surface area contributed by atoms with E-state index in [4.69, 9.17) is 0 Å². The van der Waals surface area contributed by atoms with Crippen LogP contribution in [0.2, 0.25) is 0 Å². The summed E-state index contributed by atoms with van der Waals surface area (Å²) in [5.41, 5.74) is 1.75. The van der Waals surface area contributed by atoms with E-state index < -0.39 is 5.92 Å². The van der Waals surface area contributed by atoms with Gasteiger partial charge in [0.1, 0.15) is 17.2 Å². The molecular weight excluding hydrogens is 216 g/mol. The molecular formula is C13H14N2O2. The maximum atomic E-state index is 11.4. The lowest BCUT2D eigenvalue weighted by molar-refractivity contribution is -0.130. The van der Waals surface area contributed by atoms with Crippen LogP contribution in [-0.2, 0) is 16.0 Å². The Labute approximate surface area is 99.1 Å². The highest BCUT2D eigenvalue weighted by molar-refractivity contribution is 6.00. The lowest BCUT2D eigenvalue weighted by Crippen LogP contribution is -2.21. The first-order chi connectivity index (χ1) is 8.09. The summed E-state index contributed by atoms with van der Waals surface area (Å²) < 4.78 is 0. The molecule has 2 aromatic heterocycles. The molecule has 2 rings (SSSR count). The van der Waals surface area contributed by atoms with E-state index in [1.54, 1.807) is 6.20 Å². The highest BCUT2D eigenvalue weighted by Gasteiger charge is 2.21. The Hall–Kier alpha value is -1.97. The topological polar surface area (TPSA) is 62.8 Å².